The number of aryl methyl sites for hydroxylation is 2. The van der Waals surface area contributed by atoms with Crippen molar-refractivity contribution in [3.8, 4) is 11.1 Å². The van der Waals surface area contributed by atoms with E-state index in [0.29, 0.717) is 6.54 Å². The van der Waals surface area contributed by atoms with Gasteiger partial charge in [-0.25, -0.2) is 0 Å². The summed E-state index contributed by atoms with van der Waals surface area (Å²) in [7, 11) is 1.92. The third-order valence-electron chi connectivity index (χ3n) is 2.93. The summed E-state index contributed by atoms with van der Waals surface area (Å²) in [4.78, 5) is 0. The van der Waals surface area contributed by atoms with Crippen molar-refractivity contribution in [3.05, 3.63) is 41.7 Å². The summed E-state index contributed by atoms with van der Waals surface area (Å²) < 4.78 is 1.84. The molecule has 1 heterocycles. The molecule has 0 saturated heterocycles. The molecule has 3 nitrogen and oxygen atoms in total. The largest absolute Gasteiger partial charge is 0.325 e. The van der Waals surface area contributed by atoms with Crippen LogP contribution in [0, 0.1) is 0 Å². The predicted octanol–water partition coefficient (Wildman–Crippen LogP) is 2.11. The first-order chi connectivity index (χ1) is 7.76. The predicted molar refractivity (Wildman–Crippen MR) is 65.9 cm³/mol. The summed E-state index contributed by atoms with van der Waals surface area (Å²) in [6.07, 6.45) is 2.94. The van der Waals surface area contributed by atoms with Gasteiger partial charge in [-0.1, -0.05) is 31.2 Å². The second-order valence-electron chi connectivity index (χ2n) is 3.88. The van der Waals surface area contributed by atoms with Crippen LogP contribution in [0.2, 0.25) is 0 Å². The highest BCUT2D eigenvalue weighted by atomic mass is 15.3. The van der Waals surface area contributed by atoms with Gasteiger partial charge in [0.15, 0.2) is 0 Å². The van der Waals surface area contributed by atoms with Gasteiger partial charge in [-0.05, 0) is 17.5 Å². The van der Waals surface area contributed by atoms with Gasteiger partial charge in [-0.3, -0.25) is 4.68 Å². The Labute approximate surface area is 95.9 Å². The highest BCUT2D eigenvalue weighted by Crippen LogP contribution is 2.23. The number of nitrogens with two attached hydrogens (primary N) is 1. The van der Waals surface area contributed by atoms with Crippen molar-refractivity contribution < 1.29 is 0 Å². The van der Waals surface area contributed by atoms with E-state index in [1.165, 1.54) is 11.1 Å². The molecule has 1 aromatic carbocycles. The Kier molecular flexibility index (Phi) is 3.06. The summed E-state index contributed by atoms with van der Waals surface area (Å²) in [5.41, 5.74) is 10.5. The van der Waals surface area contributed by atoms with Crippen LogP contribution in [0.1, 0.15) is 18.2 Å². The molecule has 2 aromatic rings. The highest BCUT2D eigenvalue weighted by Gasteiger charge is 2.08. The minimum atomic E-state index is 0.515. The molecular formula is C13H17N3. The average Bonchev–Trinajstić information content (AvgIpc) is 2.70. The maximum Gasteiger partial charge on any atom is 0.0594 e. The fraction of sp³-hybridized carbons (Fsp3) is 0.308. The summed E-state index contributed by atoms with van der Waals surface area (Å²) in [5.74, 6) is 0. The van der Waals surface area contributed by atoms with Crippen LogP contribution >= 0.6 is 0 Å². The van der Waals surface area contributed by atoms with Gasteiger partial charge in [-0.2, -0.15) is 5.10 Å². The smallest absolute Gasteiger partial charge is 0.0594 e. The van der Waals surface area contributed by atoms with Crippen molar-refractivity contribution in [1.29, 1.82) is 0 Å². The summed E-state index contributed by atoms with van der Waals surface area (Å²) in [6.45, 7) is 2.67. The molecule has 84 valence electrons. The zero-order valence-corrected chi connectivity index (χ0v) is 9.77. The van der Waals surface area contributed by atoms with Crippen molar-refractivity contribution in [2.24, 2.45) is 12.8 Å². The first-order valence-electron chi connectivity index (χ1n) is 5.56. The van der Waals surface area contributed by atoms with E-state index >= 15 is 0 Å². The number of hydrogen-bond donors (Lipinski definition) is 1. The Balaban J connectivity index is 2.42. The number of rotatable bonds is 3. The Morgan fingerprint density at radius 1 is 1.25 bits per heavy atom. The van der Waals surface area contributed by atoms with Gasteiger partial charge < -0.3 is 5.73 Å². The van der Waals surface area contributed by atoms with Crippen LogP contribution in [-0.2, 0) is 20.0 Å². The molecule has 0 atom stereocenters. The SMILES string of the molecule is CCc1ccc(-c2cnn(C)c2CN)cc1. The minimum Gasteiger partial charge on any atom is -0.325 e. The fourth-order valence-corrected chi connectivity index (χ4v) is 1.87. The molecule has 0 radical (unpaired) electrons. The van der Waals surface area contributed by atoms with Gasteiger partial charge in [0.1, 0.15) is 0 Å². The molecule has 1 aromatic heterocycles. The molecule has 0 bridgehead atoms. The van der Waals surface area contributed by atoms with Crippen LogP contribution in [0.5, 0.6) is 0 Å². The van der Waals surface area contributed by atoms with Gasteiger partial charge in [0.05, 0.1) is 11.9 Å². The van der Waals surface area contributed by atoms with E-state index in [-0.39, 0.29) is 0 Å². The van der Waals surface area contributed by atoms with Gasteiger partial charge >= 0.3 is 0 Å². The Hall–Kier alpha value is -1.61. The molecule has 0 spiro atoms. The maximum absolute atomic E-state index is 5.73. The third kappa shape index (κ3) is 1.86. The molecule has 0 fully saturated rings. The maximum atomic E-state index is 5.73. The van der Waals surface area contributed by atoms with Crippen LogP contribution in [0.4, 0.5) is 0 Å². The molecule has 0 unspecified atom stereocenters. The molecule has 2 N–H and O–H groups in total. The summed E-state index contributed by atoms with van der Waals surface area (Å²) in [5, 5.41) is 4.24. The van der Waals surface area contributed by atoms with Crippen LogP contribution in [0.15, 0.2) is 30.5 Å². The highest BCUT2D eigenvalue weighted by molar-refractivity contribution is 5.65. The van der Waals surface area contributed by atoms with Gasteiger partial charge in [0, 0.05) is 19.2 Å². The van der Waals surface area contributed by atoms with Crippen molar-refractivity contribution in [1.82, 2.24) is 9.78 Å². The molecule has 0 aliphatic rings. The Morgan fingerprint density at radius 3 is 2.50 bits per heavy atom. The van der Waals surface area contributed by atoms with E-state index < -0.39 is 0 Å². The molecule has 0 amide bonds. The standard InChI is InChI=1S/C13H17N3/c1-3-10-4-6-11(7-5-10)12-9-15-16(2)13(12)8-14/h4-7,9H,3,8,14H2,1-2H3. The van der Waals surface area contributed by atoms with E-state index in [9.17, 15) is 0 Å². The van der Waals surface area contributed by atoms with Crippen molar-refractivity contribution in [3.63, 3.8) is 0 Å². The van der Waals surface area contributed by atoms with Crippen LogP contribution in [0.25, 0.3) is 11.1 Å². The van der Waals surface area contributed by atoms with Gasteiger partial charge in [-0.15, -0.1) is 0 Å². The van der Waals surface area contributed by atoms with Crippen molar-refractivity contribution in [2.75, 3.05) is 0 Å². The van der Waals surface area contributed by atoms with Crippen molar-refractivity contribution >= 4 is 0 Å². The number of nitrogens with zero attached hydrogens (tertiary/aromatic N) is 2. The van der Waals surface area contributed by atoms with E-state index in [4.69, 9.17) is 5.73 Å². The van der Waals surface area contributed by atoms with Gasteiger partial charge in [0.2, 0.25) is 0 Å². The molecule has 0 aliphatic carbocycles. The number of hydrogen-bond acceptors (Lipinski definition) is 2. The Bertz CT molecular complexity index is 468. The van der Waals surface area contributed by atoms with Crippen LogP contribution in [0.3, 0.4) is 0 Å². The second-order valence-corrected chi connectivity index (χ2v) is 3.88. The van der Waals surface area contributed by atoms with E-state index in [1.807, 2.05) is 17.9 Å². The Morgan fingerprint density at radius 2 is 1.94 bits per heavy atom. The molecule has 0 aliphatic heterocycles. The fourth-order valence-electron chi connectivity index (χ4n) is 1.87. The van der Waals surface area contributed by atoms with Crippen LogP contribution in [-0.4, -0.2) is 9.78 Å². The quantitative estimate of drug-likeness (QED) is 0.852. The lowest BCUT2D eigenvalue weighted by Crippen LogP contribution is -2.05. The van der Waals surface area contributed by atoms with Crippen molar-refractivity contribution in [2.45, 2.75) is 19.9 Å². The molecule has 2 rings (SSSR count). The van der Waals surface area contributed by atoms with E-state index in [0.717, 1.165) is 17.7 Å². The molecule has 3 heteroatoms. The second kappa shape index (κ2) is 4.49. The number of aromatic nitrogens is 2. The van der Waals surface area contributed by atoms with Gasteiger partial charge in [0.25, 0.3) is 0 Å². The van der Waals surface area contributed by atoms with Crippen LogP contribution < -0.4 is 5.73 Å². The summed E-state index contributed by atoms with van der Waals surface area (Å²) in [6, 6.07) is 8.58. The molecule has 0 saturated carbocycles. The summed E-state index contributed by atoms with van der Waals surface area (Å²) >= 11 is 0. The lowest BCUT2D eigenvalue weighted by molar-refractivity contribution is 0.713. The van der Waals surface area contributed by atoms with E-state index in [2.05, 4.69) is 36.3 Å². The lowest BCUT2D eigenvalue weighted by atomic mass is 10.0. The molecule has 16 heavy (non-hydrogen) atoms. The minimum absolute atomic E-state index is 0.515. The first kappa shape index (κ1) is 10.9. The lowest BCUT2D eigenvalue weighted by Gasteiger charge is -2.04. The average molecular weight is 215 g/mol. The number of benzene rings is 1. The molecular weight excluding hydrogens is 198 g/mol. The monoisotopic (exact) mass is 215 g/mol. The van der Waals surface area contributed by atoms with E-state index in [1.54, 1.807) is 0 Å². The zero-order valence-electron chi connectivity index (χ0n) is 9.77. The normalized spacial score (nSPS) is 10.7. The topological polar surface area (TPSA) is 43.8 Å². The third-order valence-corrected chi connectivity index (χ3v) is 2.93. The first-order valence-corrected chi connectivity index (χ1v) is 5.56. The zero-order chi connectivity index (χ0) is 11.5.